The number of ether oxygens (including phenoxy) is 1. The van der Waals surface area contributed by atoms with Crippen LogP contribution in [0.1, 0.15) is 27.2 Å². The molecule has 0 aromatic carbocycles. The van der Waals surface area contributed by atoms with E-state index in [1.54, 1.807) is 20.8 Å². The van der Waals surface area contributed by atoms with Crippen molar-refractivity contribution in [2.24, 2.45) is 11.1 Å². The highest BCUT2D eigenvalue weighted by Gasteiger charge is 2.19. The monoisotopic (exact) mass is 215 g/mol. The molecule has 0 aromatic heterocycles. The molecule has 0 radical (unpaired) electrons. The van der Waals surface area contributed by atoms with E-state index >= 15 is 0 Å². The van der Waals surface area contributed by atoms with Crippen LogP contribution in [0.25, 0.3) is 0 Å². The van der Waals surface area contributed by atoms with Gasteiger partial charge in [0.2, 0.25) is 0 Å². The van der Waals surface area contributed by atoms with Gasteiger partial charge in [0.15, 0.2) is 5.71 Å². The van der Waals surface area contributed by atoms with Crippen LogP contribution in [-0.2, 0) is 19.2 Å². The highest BCUT2D eigenvalue weighted by Crippen LogP contribution is 2.02. The van der Waals surface area contributed by atoms with E-state index in [-0.39, 0.29) is 30.4 Å². The Bertz CT molecular complexity index is 258. The Kier molecular flexibility index (Phi) is 6.33. The summed E-state index contributed by atoms with van der Waals surface area (Å²) in [7, 11) is 1.32. The van der Waals surface area contributed by atoms with Crippen molar-refractivity contribution in [3.63, 3.8) is 0 Å². The van der Waals surface area contributed by atoms with E-state index in [0.717, 1.165) is 0 Å². The zero-order chi connectivity index (χ0) is 11.8. The van der Waals surface area contributed by atoms with Crippen molar-refractivity contribution in [2.75, 3.05) is 13.7 Å². The van der Waals surface area contributed by atoms with Gasteiger partial charge in [-0.25, -0.2) is 4.79 Å². The first kappa shape index (κ1) is 13.6. The molecule has 0 aromatic rings. The normalized spacial score (nSPS) is 11.4. The van der Waals surface area contributed by atoms with Crippen molar-refractivity contribution in [3.05, 3.63) is 0 Å². The standard InChI is InChI=1S/C10H17NO4/c1-5-15-10(13)8(11-14-4)6-9(12)7(2)3/h7H,5-6H2,1-4H3. The molecule has 5 nitrogen and oxygen atoms in total. The van der Waals surface area contributed by atoms with Gasteiger partial charge in [-0.15, -0.1) is 0 Å². The highest BCUT2D eigenvalue weighted by atomic mass is 16.6. The van der Waals surface area contributed by atoms with Crippen molar-refractivity contribution in [1.29, 1.82) is 0 Å². The minimum Gasteiger partial charge on any atom is -0.461 e. The molecule has 0 aliphatic carbocycles. The zero-order valence-corrected chi connectivity index (χ0v) is 9.57. The smallest absolute Gasteiger partial charge is 0.356 e. The molecule has 0 amide bonds. The number of hydrogen-bond donors (Lipinski definition) is 0. The second kappa shape index (κ2) is 6.98. The molecule has 0 aliphatic rings. The number of ketones is 1. The van der Waals surface area contributed by atoms with E-state index in [1.165, 1.54) is 7.11 Å². The molecule has 0 aliphatic heterocycles. The number of oxime groups is 1. The molecule has 0 rings (SSSR count). The molecule has 0 fully saturated rings. The third kappa shape index (κ3) is 5.15. The number of carbonyl (C=O) groups excluding carboxylic acids is 2. The molecule has 0 heterocycles. The Labute approximate surface area is 89.4 Å². The number of esters is 1. The van der Waals surface area contributed by atoms with Crippen LogP contribution in [0, 0.1) is 5.92 Å². The van der Waals surface area contributed by atoms with Crippen LogP contribution in [0.5, 0.6) is 0 Å². The maximum atomic E-state index is 11.4. The van der Waals surface area contributed by atoms with E-state index in [0.29, 0.717) is 0 Å². The first-order valence-electron chi connectivity index (χ1n) is 4.82. The van der Waals surface area contributed by atoms with Crippen molar-refractivity contribution in [2.45, 2.75) is 27.2 Å². The number of rotatable bonds is 6. The number of hydrogen-bond acceptors (Lipinski definition) is 5. The van der Waals surface area contributed by atoms with E-state index in [2.05, 4.69) is 9.99 Å². The van der Waals surface area contributed by atoms with Crippen LogP contribution >= 0.6 is 0 Å². The van der Waals surface area contributed by atoms with Gasteiger partial charge in [-0.1, -0.05) is 19.0 Å². The molecule has 0 unspecified atom stereocenters. The van der Waals surface area contributed by atoms with Gasteiger partial charge in [0.05, 0.1) is 13.0 Å². The highest BCUT2D eigenvalue weighted by molar-refractivity contribution is 6.39. The Morgan fingerprint density at radius 1 is 1.33 bits per heavy atom. The van der Waals surface area contributed by atoms with Crippen molar-refractivity contribution in [1.82, 2.24) is 0 Å². The first-order valence-corrected chi connectivity index (χ1v) is 4.82. The van der Waals surface area contributed by atoms with Crippen LogP contribution in [0.2, 0.25) is 0 Å². The number of Topliss-reactive ketones (excluding diaryl/α,β-unsaturated/α-hetero) is 1. The number of carbonyl (C=O) groups is 2. The van der Waals surface area contributed by atoms with Crippen LogP contribution in [0.3, 0.4) is 0 Å². The summed E-state index contributed by atoms with van der Waals surface area (Å²) in [4.78, 5) is 27.2. The van der Waals surface area contributed by atoms with Crippen LogP contribution in [-0.4, -0.2) is 31.2 Å². The summed E-state index contributed by atoms with van der Waals surface area (Å²) >= 11 is 0. The van der Waals surface area contributed by atoms with Crippen molar-refractivity contribution < 1.29 is 19.2 Å². The van der Waals surface area contributed by atoms with Gasteiger partial charge in [0, 0.05) is 5.92 Å². The van der Waals surface area contributed by atoms with E-state index in [9.17, 15) is 9.59 Å². The van der Waals surface area contributed by atoms with E-state index in [1.807, 2.05) is 0 Å². The fraction of sp³-hybridized carbons (Fsp3) is 0.700. The lowest BCUT2D eigenvalue weighted by Gasteiger charge is -2.06. The summed E-state index contributed by atoms with van der Waals surface area (Å²) in [6, 6.07) is 0. The fourth-order valence-corrected chi connectivity index (χ4v) is 0.835. The van der Waals surface area contributed by atoms with Gasteiger partial charge in [-0.05, 0) is 6.92 Å². The van der Waals surface area contributed by atoms with Gasteiger partial charge >= 0.3 is 5.97 Å². The van der Waals surface area contributed by atoms with E-state index in [4.69, 9.17) is 4.74 Å². The zero-order valence-electron chi connectivity index (χ0n) is 9.57. The average Bonchev–Trinajstić information content (AvgIpc) is 2.17. The molecule has 15 heavy (non-hydrogen) atoms. The van der Waals surface area contributed by atoms with E-state index < -0.39 is 5.97 Å². The second-order valence-corrected chi connectivity index (χ2v) is 3.24. The molecule has 0 spiro atoms. The quantitative estimate of drug-likeness (QED) is 0.379. The molecule has 0 N–H and O–H groups in total. The maximum Gasteiger partial charge on any atom is 0.356 e. The van der Waals surface area contributed by atoms with Gasteiger partial charge in [0.25, 0.3) is 0 Å². The second-order valence-electron chi connectivity index (χ2n) is 3.24. The summed E-state index contributed by atoms with van der Waals surface area (Å²) in [5, 5.41) is 3.49. The van der Waals surface area contributed by atoms with Gasteiger partial charge in [-0.3, -0.25) is 4.79 Å². The topological polar surface area (TPSA) is 65.0 Å². The van der Waals surface area contributed by atoms with Crippen molar-refractivity contribution >= 4 is 17.5 Å². The summed E-state index contributed by atoms with van der Waals surface area (Å²) in [5.74, 6) is -0.811. The third-order valence-electron chi connectivity index (χ3n) is 1.70. The largest absolute Gasteiger partial charge is 0.461 e. The maximum absolute atomic E-state index is 11.4. The molecule has 0 atom stereocenters. The van der Waals surface area contributed by atoms with Crippen LogP contribution < -0.4 is 0 Å². The van der Waals surface area contributed by atoms with Gasteiger partial charge in [-0.2, -0.15) is 0 Å². The number of nitrogens with zero attached hydrogens (tertiary/aromatic N) is 1. The Morgan fingerprint density at radius 3 is 2.33 bits per heavy atom. The summed E-state index contributed by atoms with van der Waals surface area (Å²) in [6.07, 6.45) is -0.0513. The van der Waals surface area contributed by atoms with Crippen LogP contribution in [0.15, 0.2) is 5.16 Å². The van der Waals surface area contributed by atoms with Crippen molar-refractivity contribution in [3.8, 4) is 0 Å². The minimum atomic E-state index is -0.603. The third-order valence-corrected chi connectivity index (χ3v) is 1.70. The Balaban J connectivity index is 4.48. The van der Waals surface area contributed by atoms with Crippen LogP contribution in [0.4, 0.5) is 0 Å². The average molecular weight is 215 g/mol. The molecule has 0 bridgehead atoms. The Hall–Kier alpha value is -1.39. The molecule has 0 saturated carbocycles. The lowest BCUT2D eigenvalue weighted by molar-refractivity contribution is -0.136. The lowest BCUT2D eigenvalue weighted by Crippen LogP contribution is -2.23. The predicted molar refractivity (Wildman–Crippen MR) is 55.5 cm³/mol. The fourth-order valence-electron chi connectivity index (χ4n) is 0.835. The molecule has 86 valence electrons. The van der Waals surface area contributed by atoms with Gasteiger partial charge in [0.1, 0.15) is 12.9 Å². The first-order chi connectivity index (χ1) is 7.02. The molecule has 5 heteroatoms. The summed E-state index contributed by atoms with van der Waals surface area (Å²) in [5.41, 5.74) is 0.0121. The summed E-state index contributed by atoms with van der Waals surface area (Å²) < 4.78 is 4.74. The Morgan fingerprint density at radius 2 is 1.93 bits per heavy atom. The summed E-state index contributed by atoms with van der Waals surface area (Å²) in [6.45, 7) is 5.46. The molecular formula is C10H17NO4. The lowest BCUT2D eigenvalue weighted by atomic mass is 10.0. The minimum absolute atomic E-state index is 0.0121. The molecule has 0 saturated heterocycles. The van der Waals surface area contributed by atoms with Gasteiger partial charge < -0.3 is 9.57 Å². The molecular weight excluding hydrogens is 198 g/mol. The SMILES string of the molecule is CCOC(=O)C(CC(=O)C(C)C)=NOC. The predicted octanol–water partition coefficient (Wildman–Crippen LogP) is 1.17.